The molecule has 8 N–H and O–H groups in total. The number of carbonyl (C=O) groups is 4. The summed E-state index contributed by atoms with van der Waals surface area (Å²) in [7, 11) is 9.03. The third kappa shape index (κ3) is 16.7. The molecule has 0 unspecified atom stereocenters. The number of likely N-dealkylation sites (N-methyl/N-ethyl adjacent to an activating group) is 2. The highest BCUT2D eigenvalue weighted by Gasteiger charge is 2.52. The summed E-state index contributed by atoms with van der Waals surface area (Å²) in [4.78, 5) is 52.7. The maximum absolute atomic E-state index is 13.1. The Bertz CT molecular complexity index is 2980. The number of allylic oxidation sites excluding steroid dienone is 2. The molecule has 3 saturated heterocycles. The van der Waals surface area contributed by atoms with Gasteiger partial charge in [-0.05, 0) is 128 Å². The molecule has 4 aromatic rings. The Balaban J connectivity index is 0.000000315. The number of aldehydes is 1. The topological polar surface area (TPSA) is 310 Å². The summed E-state index contributed by atoms with van der Waals surface area (Å²) in [6, 6.07) is 16.3. The van der Waals surface area contributed by atoms with Crippen molar-refractivity contribution in [1.82, 2.24) is 9.80 Å². The molecule has 0 bridgehead atoms. The Morgan fingerprint density at radius 1 is 0.739 bits per heavy atom. The number of carbonyl (C=O) groups excluding carboxylic acids is 2. The minimum Gasteiger partial charge on any atom is -0.507 e. The average molecular weight is 1230 g/mol. The first kappa shape index (κ1) is 69.5. The molecule has 4 aromatic carbocycles. The fourth-order valence-electron chi connectivity index (χ4n) is 12.8. The van der Waals surface area contributed by atoms with Gasteiger partial charge < -0.3 is 93.3 Å². The van der Waals surface area contributed by atoms with Crippen LogP contribution in [0.2, 0.25) is 0 Å². The van der Waals surface area contributed by atoms with Gasteiger partial charge in [0.05, 0.1) is 54.7 Å². The number of phenols is 2. The molecule has 4 aliphatic rings. The van der Waals surface area contributed by atoms with Crippen LogP contribution in [0.5, 0.6) is 11.5 Å². The minimum atomic E-state index is -1.47. The van der Waals surface area contributed by atoms with Crippen LogP contribution in [0.15, 0.2) is 85.0 Å². The lowest BCUT2D eigenvalue weighted by Crippen LogP contribution is -2.65. The molecule has 0 radical (unpaired) electrons. The van der Waals surface area contributed by atoms with Gasteiger partial charge in [-0.1, -0.05) is 79.8 Å². The molecule has 88 heavy (non-hydrogen) atoms. The van der Waals surface area contributed by atoms with Crippen LogP contribution < -0.4 is 0 Å². The van der Waals surface area contributed by atoms with Gasteiger partial charge >= 0.3 is 17.9 Å². The van der Waals surface area contributed by atoms with Crippen molar-refractivity contribution in [3.8, 4) is 11.5 Å². The van der Waals surface area contributed by atoms with E-state index >= 15 is 0 Å². The van der Waals surface area contributed by atoms with Gasteiger partial charge in [0.15, 0.2) is 18.9 Å². The number of benzene rings is 4. The van der Waals surface area contributed by atoms with E-state index in [2.05, 4.69) is 4.90 Å². The number of hydrogen-bond donors (Lipinski definition) is 8. The van der Waals surface area contributed by atoms with E-state index in [0.717, 1.165) is 12.7 Å². The van der Waals surface area contributed by atoms with Crippen LogP contribution in [0.25, 0.3) is 21.5 Å². The highest BCUT2D eigenvalue weighted by molar-refractivity contribution is 6.02. The summed E-state index contributed by atoms with van der Waals surface area (Å²) in [5, 5.41) is 87.9. The van der Waals surface area contributed by atoms with Gasteiger partial charge in [0.2, 0.25) is 0 Å². The molecular formula is C66H90N2O20. The summed E-state index contributed by atoms with van der Waals surface area (Å²) < 4.78 is 50.0. The van der Waals surface area contributed by atoms with Crippen LogP contribution >= 0.6 is 0 Å². The number of aromatic hydroxyl groups is 2. The van der Waals surface area contributed by atoms with E-state index in [1.54, 1.807) is 88.3 Å². The Labute approximate surface area is 514 Å². The predicted octanol–water partition coefficient (Wildman–Crippen LogP) is 6.72. The van der Waals surface area contributed by atoms with Crippen LogP contribution in [-0.4, -0.2) is 214 Å². The Hall–Kier alpha value is -5.96. The van der Waals surface area contributed by atoms with Crippen molar-refractivity contribution in [2.75, 3.05) is 35.3 Å². The summed E-state index contributed by atoms with van der Waals surface area (Å²) in [5.74, 6) is -4.82. The third-order valence-corrected chi connectivity index (χ3v) is 17.4. The second-order valence-electron chi connectivity index (χ2n) is 24.5. The van der Waals surface area contributed by atoms with Gasteiger partial charge in [-0.15, -0.1) is 0 Å². The van der Waals surface area contributed by atoms with Crippen molar-refractivity contribution in [2.45, 2.75) is 197 Å². The van der Waals surface area contributed by atoms with Crippen LogP contribution in [0.4, 0.5) is 0 Å². The van der Waals surface area contributed by atoms with Crippen molar-refractivity contribution in [2.24, 2.45) is 11.8 Å². The number of aromatic carboxylic acids is 2. The maximum Gasteiger partial charge on any atom is 0.339 e. The van der Waals surface area contributed by atoms with Crippen LogP contribution in [-0.2, 0) is 53.9 Å². The molecule has 0 spiro atoms. The number of carboxylic acid groups (broad SMARTS) is 2. The first-order valence-corrected chi connectivity index (χ1v) is 30.1. The summed E-state index contributed by atoms with van der Waals surface area (Å²) in [6.07, 6.45) is -1.60. The molecule has 3 fully saturated rings. The summed E-state index contributed by atoms with van der Waals surface area (Å²) in [5.41, 5.74) is -1.36. The fourth-order valence-corrected chi connectivity index (χ4v) is 12.8. The highest BCUT2D eigenvalue weighted by atomic mass is 16.7. The van der Waals surface area contributed by atoms with Crippen LogP contribution in [0.1, 0.15) is 118 Å². The number of methoxy groups -OCH3 is 1. The lowest BCUT2D eigenvalue weighted by atomic mass is 9.82. The standard InChI is InChI=1S/C43H74N2O14.C23H16O6/c1-24-21-29(19-20-46)39(59-42-37(49)36(45(9)10)38(27(4)56-42)58-35-23-43(6,51)41(50)28(5)55-35)40(52-11)31(47)22-33(48)53-25(2)15-13-12-14-16-32(24)57-34-18-17-30(44(7)8)26(3)54-34;24-20-16(14-7-3-1-5-12(14)9-18(20)22(26)27)11-17-15-8-4-2-6-13(15)10-19(21(17)25)23(28)29/h12-14,16,20,24-32,34-42,47,49-51H,15,17-19,21-23H2,1-11H3;1-10,24-25H,11H2,(H,26,27)(H,28,29)/t24-,25-,26-,27-,28+,29+,30+,31-,32+,34-,35+,36-,37-,38-,39+,40+,41+,42+,43-;/m1./s1. The van der Waals surface area contributed by atoms with Gasteiger partial charge in [-0.3, -0.25) is 4.79 Å². The number of rotatable bonds is 15. The fraction of sp³-hybridized carbons (Fsp3) is 0.576. The van der Waals surface area contributed by atoms with E-state index in [9.17, 15) is 60.0 Å². The number of ether oxygens (including phenoxy) is 8. The van der Waals surface area contributed by atoms with Crippen molar-refractivity contribution in [3.63, 3.8) is 0 Å². The second kappa shape index (κ2) is 30.7. The lowest BCUT2D eigenvalue weighted by molar-refractivity contribution is -0.344. The monoisotopic (exact) mass is 1230 g/mol. The number of fused-ring (bicyclic) bond motifs is 2. The van der Waals surface area contributed by atoms with Crippen molar-refractivity contribution >= 4 is 45.7 Å². The van der Waals surface area contributed by atoms with Crippen molar-refractivity contribution in [3.05, 3.63) is 107 Å². The SMILES string of the molecule is CO[C@@H]1[C@@H](O[C@@H]2O[C@H](C)[C@@H](O[C@H]3C[C@@](C)(O)[C@@H](O)[C@H](C)O3)[C@H](N(C)C)[C@H]2O)[C@@H](CC=O)C[C@@H](C)[C@@H](O[C@@H]2CC[C@H](N(C)C)[C@@H](C)O2)C=CC=CC[C@@H](C)OC(=O)C[C@H]1O.O=C(O)c1cc2ccccc2c(Cc2c(O)c(C(=O)O)cc3ccccc23)c1O. The van der Waals surface area contributed by atoms with Gasteiger partial charge in [-0.25, -0.2) is 9.59 Å². The molecule has 8 rings (SSSR count). The van der Waals surface area contributed by atoms with E-state index in [-0.39, 0.29) is 48.5 Å². The summed E-state index contributed by atoms with van der Waals surface area (Å²) in [6.45, 7) is 10.8. The normalized spacial score (nSPS) is 33.6. The lowest BCUT2D eigenvalue weighted by Gasteiger charge is -2.50. The van der Waals surface area contributed by atoms with E-state index in [0.29, 0.717) is 51.9 Å². The molecule has 4 aliphatic heterocycles. The number of carboxylic acids is 2. The molecule has 0 aliphatic carbocycles. The molecule has 22 heteroatoms. The third-order valence-electron chi connectivity index (χ3n) is 17.4. The smallest absolute Gasteiger partial charge is 0.339 e. The zero-order valence-electron chi connectivity index (χ0n) is 52.1. The first-order valence-electron chi connectivity index (χ1n) is 30.1. The average Bonchev–Trinajstić information content (AvgIpc) is 2.19. The Morgan fingerprint density at radius 2 is 1.33 bits per heavy atom. The molecule has 0 amide bonds. The maximum atomic E-state index is 13.1. The van der Waals surface area contributed by atoms with Gasteiger partial charge in [-0.2, -0.15) is 0 Å². The molecular weight excluding hydrogens is 1140 g/mol. The molecule has 484 valence electrons. The number of cyclic esters (lactones) is 1. The Morgan fingerprint density at radius 3 is 1.86 bits per heavy atom. The quantitative estimate of drug-likeness (QED) is 0.0452. The largest absolute Gasteiger partial charge is 0.507 e. The van der Waals surface area contributed by atoms with Gasteiger partial charge in [0.25, 0.3) is 0 Å². The molecule has 19 atom stereocenters. The van der Waals surface area contributed by atoms with E-state index < -0.39 is 133 Å². The number of aliphatic hydroxyl groups is 4. The van der Waals surface area contributed by atoms with Crippen LogP contribution in [0.3, 0.4) is 0 Å². The number of esters is 1. The van der Waals surface area contributed by atoms with E-state index in [1.165, 1.54) is 26.2 Å². The molecule has 22 nitrogen and oxygen atoms in total. The first-order chi connectivity index (χ1) is 41.6. The zero-order valence-corrected chi connectivity index (χ0v) is 52.1. The van der Waals surface area contributed by atoms with Crippen LogP contribution in [0, 0.1) is 11.8 Å². The van der Waals surface area contributed by atoms with Crippen molar-refractivity contribution < 1.29 is 97.9 Å². The number of nitrogens with zero attached hydrogens (tertiary/aromatic N) is 2. The number of aliphatic hydroxyl groups excluding tert-OH is 3. The Kier molecular flexibility index (Phi) is 24.3. The second-order valence-corrected chi connectivity index (χ2v) is 24.5. The van der Waals surface area contributed by atoms with Crippen molar-refractivity contribution in [1.29, 1.82) is 0 Å². The zero-order chi connectivity index (χ0) is 64.5. The molecule has 0 saturated carbocycles. The highest BCUT2D eigenvalue weighted by Crippen LogP contribution is 2.41. The summed E-state index contributed by atoms with van der Waals surface area (Å²) >= 11 is 0. The molecule has 4 heterocycles. The predicted molar refractivity (Wildman–Crippen MR) is 325 cm³/mol. The minimum absolute atomic E-state index is 0.00885. The van der Waals surface area contributed by atoms with Gasteiger partial charge in [0, 0.05) is 50.0 Å². The van der Waals surface area contributed by atoms with Gasteiger partial charge in [0.1, 0.15) is 59.4 Å². The van der Waals surface area contributed by atoms with E-state index in [4.69, 9.17) is 37.9 Å². The van der Waals surface area contributed by atoms with E-state index in [1.807, 2.05) is 52.2 Å². The molecule has 0 aromatic heterocycles. The number of hydrogen-bond acceptors (Lipinski definition) is 20.